The number of halogens is 2. The SMILES string of the molecule is N[C@H]1CCCC[C@H]1Nc1ccc2ccc(C(=O)Nc3ccccc3C(F)F)n2n1. The summed E-state index contributed by atoms with van der Waals surface area (Å²) in [5, 5.41) is 10.5. The highest BCUT2D eigenvalue weighted by Gasteiger charge is 2.22. The van der Waals surface area contributed by atoms with Gasteiger partial charge in [0.15, 0.2) is 0 Å². The highest BCUT2D eigenvalue weighted by atomic mass is 19.3. The number of alkyl halides is 2. The molecule has 0 bridgehead atoms. The van der Waals surface area contributed by atoms with Crippen LogP contribution in [0.5, 0.6) is 0 Å². The fourth-order valence-electron chi connectivity index (χ4n) is 3.75. The van der Waals surface area contributed by atoms with E-state index in [0.29, 0.717) is 5.82 Å². The number of carbonyl (C=O) groups is 1. The summed E-state index contributed by atoms with van der Waals surface area (Å²) in [5.41, 5.74) is 7.07. The van der Waals surface area contributed by atoms with Crippen molar-refractivity contribution in [1.82, 2.24) is 9.61 Å². The van der Waals surface area contributed by atoms with E-state index in [1.807, 2.05) is 12.1 Å². The largest absolute Gasteiger partial charge is 0.364 e. The van der Waals surface area contributed by atoms with E-state index in [2.05, 4.69) is 15.7 Å². The molecule has 4 rings (SSSR count). The summed E-state index contributed by atoms with van der Waals surface area (Å²) in [6.45, 7) is 0. The molecule has 0 spiro atoms. The van der Waals surface area contributed by atoms with Crippen LogP contribution in [0, 0.1) is 0 Å². The summed E-state index contributed by atoms with van der Waals surface area (Å²) >= 11 is 0. The Hall–Kier alpha value is -3.00. The number of para-hydroxylation sites is 1. The first-order chi connectivity index (χ1) is 14.0. The van der Waals surface area contributed by atoms with Crippen LogP contribution in [0.2, 0.25) is 0 Å². The van der Waals surface area contributed by atoms with Gasteiger partial charge in [-0.1, -0.05) is 31.0 Å². The van der Waals surface area contributed by atoms with E-state index in [9.17, 15) is 13.6 Å². The van der Waals surface area contributed by atoms with E-state index in [4.69, 9.17) is 5.73 Å². The molecule has 3 aromatic rings. The van der Waals surface area contributed by atoms with Crippen molar-refractivity contribution in [2.24, 2.45) is 5.73 Å². The Morgan fingerprint density at radius 3 is 2.66 bits per heavy atom. The summed E-state index contributed by atoms with van der Waals surface area (Å²) in [6, 6.07) is 13.2. The zero-order valence-corrected chi connectivity index (χ0v) is 15.8. The van der Waals surface area contributed by atoms with Crippen LogP contribution in [0.3, 0.4) is 0 Å². The quantitative estimate of drug-likeness (QED) is 0.600. The number of amides is 1. The number of benzene rings is 1. The highest BCUT2D eigenvalue weighted by molar-refractivity contribution is 6.04. The summed E-state index contributed by atoms with van der Waals surface area (Å²) in [6.07, 6.45) is 1.52. The van der Waals surface area contributed by atoms with Crippen molar-refractivity contribution in [1.29, 1.82) is 0 Å². The van der Waals surface area contributed by atoms with Crippen LogP contribution < -0.4 is 16.4 Å². The Morgan fingerprint density at radius 2 is 1.86 bits per heavy atom. The Morgan fingerprint density at radius 1 is 1.10 bits per heavy atom. The number of nitrogens with zero attached hydrogens (tertiary/aromatic N) is 2. The number of carbonyl (C=O) groups excluding carboxylic acids is 1. The number of hydrogen-bond acceptors (Lipinski definition) is 4. The van der Waals surface area contributed by atoms with E-state index in [0.717, 1.165) is 31.2 Å². The van der Waals surface area contributed by atoms with Crippen LogP contribution in [0.25, 0.3) is 5.52 Å². The molecule has 0 saturated heterocycles. The molecule has 1 aliphatic rings. The molecule has 2 heterocycles. The van der Waals surface area contributed by atoms with Gasteiger partial charge >= 0.3 is 0 Å². The molecule has 0 unspecified atom stereocenters. The second-order valence-corrected chi connectivity index (χ2v) is 7.32. The molecule has 2 aromatic heterocycles. The first kappa shape index (κ1) is 19.3. The molecule has 2 atom stereocenters. The van der Waals surface area contributed by atoms with Crippen LogP contribution in [0.15, 0.2) is 48.5 Å². The zero-order chi connectivity index (χ0) is 20.4. The molecule has 29 heavy (non-hydrogen) atoms. The molecular formula is C21H23F2N5O. The molecule has 1 aromatic carbocycles. The minimum Gasteiger partial charge on any atom is -0.364 e. The van der Waals surface area contributed by atoms with Crippen LogP contribution in [0.1, 0.15) is 48.2 Å². The molecule has 1 aliphatic carbocycles. The average Bonchev–Trinajstić information content (AvgIpc) is 3.13. The minimum atomic E-state index is -2.68. The molecule has 8 heteroatoms. The molecule has 1 amide bonds. The van der Waals surface area contributed by atoms with Gasteiger partial charge in [-0.05, 0) is 43.2 Å². The Kier molecular flexibility index (Phi) is 5.44. The first-order valence-corrected chi connectivity index (χ1v) is 9.72. The predicted octanol–water partition coefficient (Wildman–Crippen LogP) is 4.21. The van der Waals surface area contributed by atoms with Gasteiger partial charge < -0.3 is 16.4 Å². The van der Waals surface area contributed by atoms with Crippen LogP contribution >= 0.6 is 0 Å². The Bertz CT molecular complexity index is 1020. The van der Waals surface area contributed by atoms with Gasteiger partial charge in [-0.3, -0.25) is 4.79 Å². The Labute approximate surface area is 167 Å². The fraction of sp³-hybridized carbons (Fsp3) is 0.333. The van der Waals surface area contributed by atoms with Crippen molar-refractivity contribution in [3.63, 3.8) is 0 Å². The smallest absolute Gasteiger partial charge is 0.274 e. The van der Waals surface area contributed by atoms with E-state index < -0.39 is 12.3 Å². The van der Waals surface area contributed by atoms with Gasteiger partial charge in [0.1, 0.15) is 11.5 Å². The predicted molar refractivity (Wildman–Crippen MR) is 108 cm³/mol. The second-order valence-electron chi connectivity index (χ2n) is 7.32. The average molecular weight is 399 g/mol. The third-order valence-corrected chi connectivity index (χ3v) is 5.33. The number of fused-ring (bicyclic) bond motifs is 1. The van der Waals surface area contributed by atoms with Crippen molar-refractivity contribution in [2.45, 2.75) is 44.2 Å². The maximum Gasteiger partial charge on any atom is 0.274 e. The lowest BCUT2D eigenvalue weighted by atomic mass is 9.91. The number of nitrogens with two attached hydrogens (primary N) is 1. The molecule has 0 aliphatic heterocycles. The first-order valence-electron chi connectivity index (χ1n) is 9.72. The molecule has 4 N–H and O–H groups in total. The lowest BCUT2D eigenvalue weighted by Crippen LogP contribution is -2.42. The maximum atomic E-state index is 13.2. The zero-order valence-electron chi connectivity index (χ0n) is 15.8. The highest BCUT2D eigenvalue weighted by Crippen LogP contribution is 2.27. The van der Waals surface area contributed by atoms with Crippen LogP contribution in [-0.4, -0.2) is 27.6 Å². The van der Waals surface area contributed by atoms with Gasteiger partial charge in [-0.25, -0.2) is 13.3 Å². The number of rotatable bonds is 5. The molecule has 152 valence electrons. The van der Waals surface area contributed by atoms with Gasteiger partial charge in [0.25, 0.3) is 12.3 Å². The van der Waals surface area contributed by atoms with Crippen molar-refractivity contribution >= 4 is 22.9 Å². The third-order valence-electron chi connectivity index (χ3n) is 5.33. The van der Waals surface area contributed by atoms with Crippen molar-refractivity contribution < 1.29 is 13.6 Å². The van der Waals surface area contributed by atoms with Gasteiger partial charge in [-0.2, -0.15) is 0 Å². The van der Waals surface area contributed by atoms with Crippen molar-refractivity contribution in [3.05, 3.63) is 59.8 Å². The molecular weight excluding hydrogens is 376 g/mol. The number of anilines is 2. The topological polar surface area (TPSA) is 84.4 Å². The number of nitrogens with one attached hydrogen (secondary N) is 2. The van der Waals surface area contributed by atoms with Crippen LogP contribution in [0.4, 0.5) is 20.3 Å². The van der Waals surface area contributed by atoms with Crippen molar-refractivity contribution in [3.8, 4) is 0 Å². The third kappa shape index (κ3) is 4.07. The number of aromatic nitrogens is 2. The van der Waals surface area contributed by atoms with Crippen molar-refractivity contribution in [2.75, 3.05) is 10.6 Å². The second kappa shape index (κ2) is 8.16. The molecule has 0 radical (unpaired) electrons. The normalized spacial score (nSPS) is 19.4. The summed E-state index contributed by atoms with van der Waals surface area (Å²) in [5.74, 6) is 0.121. The van der Waals surface area contributed by atoms with Gasteiger partial charge in [0.05, 0.1) is 5.52 Å². The molecule has 1 fully saturated rings. The Balaban J connectivity index is 1.58. The monoisotopic (exact) mass is 399 g/mol. The van der Waals surface area contributed by atoms with E-state index in [1.54, 1.807) is 18.2 Å². The summed E-state index contributed by atoms with van der Waals surface area (Å²) < 4.78 is 27.9. The molecule has 1 saturated carbocycles. The van der Waals surface area contributed by atoms with Gasteiger partial charge in [-0.15, -0.1) is 5.10 Å². The number of hydrogen-bond donors (Lipinski definition) is 3. The molecule has 6 nitrogen and oxygen atoms in total. The maximum absolute atomic E-state index is 13.2. The standard InChI is InChI=1S/C21H23F2N5O/c22-20(23)14-5-1-3-7-16(14)26-21(29)18-11-9-13-10-12-19(27-28(13)18)25-17-8-4-2-6-15(17)24/h1,3,5,7,9-12,15,17,20H,2,4,6,8,24H2,(H,25,27)(H,26,29)/t15-,17+/m0/s1. The summed E-state index contributed by atoms with van der Waals surface area (Å²) in [7, 11) is 0. The summed E-state index contributed by atoms with van der Waals surface area (Å²) in [4.78, 5) is 12.8. The van der Waals surface area contributed by atoms with E-state index in [-0.39, 0.29) is 29.0 Å². The fourth-order valence-corrected chi connectivity index (χ4v) is 3.75. The van der Waals surface area contributed by atoms with Gasteiger partial charge in [0, 0.05) is 23.3 Å². The minimum absolute atomic E-state index is 0.0690. The lowest BCUT2D eigenvalue weighted by molar-refractivity contribution is 0.102. The van der Waals surface area contributed by atoms with Gasteiger partial charge in [0.2, 0.25) is 0 Å². The van der Waals surface area contributed by atoms with E-state index >= 15 is 0 Å². The van der Waals surface area contributed by atoms with Crippen LogP contribution in [-0.2, 0) is 0 Å². The lowest BCUT2D eigenvalue weighted by Gasteiger charge is -2.29. The van der Waals surface area contributed by atoms with E-state index in [1.165, 1.54) is 22.7 Å².